The van der Waals surface area contributed by atoms with E-state index < -0.39 is 94.8 Å². The van der Waals surface area contributed by atoms with Crippen LogP contribution in [0.2, 0.25) is 0 Å². The van der Waals surface area contributed by atoms with Gasteiger partial charge in [0.2, 0.25) is 0 Å². The number of aromatic nitrogens is 6. The number of fused-ring (bicyclic) bond motifs is 1. The van der Waals surface area contributed by atoms with Crippen molar-refractivity contribution >= 4 is 66.0 Å². The fourth-order valence-corrected chi connectivity index (χ4v) is 9.52. The molecular weight excluding hydrogens is 854 g/mol. The molecule has 26 nitrogen and oxygen atoms in total. The quantitative estimate of drug-likeness (QED) is 0.0233. The van der Waals surface area contributed by atoms with Crippen LogP contribution < -0.4 is 22.9 Å². The molecule has 0 spiro atoms. The molecule has 0 aromatic carbocycles. The Bertz CT molecular complexity index is 2130. The predicted molar refractivity (Wildman–Crippen MR) is 205 cm³/mol. The van der Waals surface area contributed by atoms with Gasteiger partial charge >= 0.3 is 27.3 Å². The van der Waals surface area contributed by atoms with E-state index in [4.69, 9.17) is 46.0 Å². The summed E-state index contributed by atoms with van der Waals surface area (Å²) in [5.41, 5.74) is 26.0. The van der Waals surface area contributed by atoms with Crippen molar-refractivity contribution in [3.63, 3.8) is 0 Å². The van der Waals surface area contributed by atoms with E-state index in [0.717, 1.165) is 10.9 Å². The number of aliphatic hydroxyl groups excluding tert-OH is 1. The maximum absolute atomic E-state index is 13.5. The Morgan fingerprint density at radius 1 is 1.14 bits per heavy atom. The Morgan fingerprint density at radius 2 is 1.86 bits per heavy atom. The van der Waals surface area contributed by atoms with Crippen molar-refractivity contribution in [1.82, 2.24) is 29.1 Å². The van der Waals surface area contributed by atoms with Gasteiger partial charge < -0.3 is 51.2 Å². The third-order valence-electron chi connectivity index (χ3n) is 8.24. The molecule has 0 radical (unpaired) electrons. The number of ether oxygens (including phenoxy) is 3. The summed E-state index contributed by atoms with van der Waals surface area (Å²) in [6.07, 6.45) is -6.99. The van der Waals surface area contributed by atoms with Crippen molar-refractivity contribution in [2.24, 2.45) is 10.8 Å². The zero-order valence-electron chi connectivity index (χ0n) is 30.9. The number of nitrogen functional groups attached to an aromatic ring is 2. The number of hydrogen-bond donors (Lipinski definition) is 7. The number of phosphoric ester groups is 2. The van der Waals surface area contributed by atoms with Gasteiger partial charge in [0.05, 0.1) is 19.5 Å². The number of rotatable bonds is 18. The molecule has 320 valence electrons. The van der Waals surface area contributed by atoms with Crippen LogP contribution in [0.5, 0.6) is 0 Å². The third-order valence-corrected chi connectivity index (χ3v) is 13.6. The number of anilines is 2. The van der Waals surface area contributed by atoms with Crippen LogP contribution in [0.4, 0.5) is 11.6 Å². The second kappa shape index (κ2) is 18.9. The number of esters is 1. The van der Waals surface area contributed by atoms with Crippen molar-refractivity contribution in [3.05, 3.63) is 45.8 Å². The molecule has 0 bridgehead atoms. The minimum Gasteiger partial charge on any atom is -0.455 e. The number of nitrogens with two attached hydrogens (primary N) is 3. The molecule has 0 aliphatic carbocycles. The van der Waals surface area contributed by atoms with E-state index in [0.29, 0.717) is 0 Å². The van der Waals surface area contributed by atoms with E-state index in [9.17, 15) is 38.5 Å². The molecule has 5 rings (SSSR count). The van der Waals surface area contributed by atoms with Crippen LogP contribution in [0.15, 0.2) is 34.8 Å². The van der Waals surface area contributed by atoms with E-state index in [1.54, 1.807) is 0 Å². The first kappa shape index (κ1) is 45.7. The predicted octanol–water partition coefficient (Wildman–Crippen LogP) is 0.893. The van der Waals surface area contributed by atoms with E-state index >= 15 is 0 Å². The Hall–Kier alpha value is -3.43. The first-order valence-electron chi connectivity index (χ1n) is 17.1. The number of nitrogens with zero attached hydrogens (tertiary/aromatic N) is 9. The lowest BCUT2D eigenvalue weighted by Gasteiger charge is -2.26. The number of phosphoric acid groups is 2. The SMILES string of the molecule is CC(C)(C)SSC(CN=[N+]=[N-])CC(N)C(=O)O[C@H]1[C@@H](O)[C@H](n2cnc3c(N)ncnc32)O[C@H]1COP(=O)(O)O[C@H]1C[C@H](n2ccc(N)nc2=O)O[C@@H]1COP(=O)(O)O. The highest BCUT2D eigenvalue weighted by Gasteiger charge is 2.50. The van der Waals surface area contributed by atoms with Crippen molar-refractivity contribution in [1.29, 1.82) is 0 Å². The molecule has 2 fully saturated rings. The lowest BCUT2D eigenvalue weighted by Crippen LogP contribution is -2.44. The monoisotopic (exact) mass is 896 g/mol. The summed E-state index contributed by atoms with van der Waals surface area (Å²) in [5.74, 6) is -1.08. The van der Waals surface area contributed by atoms with Gasteiger partial charge in [0.1, 0.15) is 54.3 Å². The van der Waals surface area contributed by atoms with Crippen LogP contribution in [-0.4, -0.2) is 121 Å². The molecule has 0 saturated carbocycles. The molecule has 2 aliphatic rings. The van der Waals surface area contributed by atoms with Gasteiger partial charge in [-0.2, -0.15) is 4.98 Å². The van der Waals surface area contributed by atoms with Crippen LogP contribution >= 0.6 is 37.2 Å². The maximum Gasteiger partial charge on any atom is 0.472 e. The molecular formula is C28H42N12O14P2S2. The van der Waals surface area contributed by atoms with Gasteiger partial charge in [-0.25, -0.2) is 28.9 Å². The first-order valence-corrected chi connectivity index (χ1v) is 22.3. The summed E-state index contributed by atoms with van der Waals surface area (Å²) in [4.78, 5) is 73.9. The number of hydrogen-bond acceptors (Lipinski definition) is 21. The van der Waals surface area contributed by atoms with E-state index in [2.05, 4.69) is 34.5 Å². The zero-order valence-corrected chi connectivity index (χ0v) is 34.3. The van der Waals surface area contributed by atoms with E-state index in [1.807, 2.05) is 20.8 Å². The van der Waals surface area contributed by atoms with Crippen LogP contribution in [0, 0.1) is 0 Å². The smallest absolute Gasteiger partial charge is 0.455 e. The number of carbonyl (C=O) groups is 1. The Morgan fingerprint density at radius 3 is 2.53 bits per heavy atom. The number of imidazole rings is 1. The lowest BCUT2D eigenvalue weighted by atomic mass is 10.1. The van der Waals surface area contributed by atoms with Crippen molar-refractivity contribution in [3.8, 4) is 0 Å². The van der Waals surface area contributed by atoms with Gasteiger partial charge in [-0.1, -0.05) is 47.5 Å². The summed E-state index contributed by atoms with van der Waals surface area (Å²) in [6, 6.07) is -0.0130. The third kappa shape index (κ3) is 12.1. The van der Waals surface area contributed by atoms with Gasteiger partial charge in [-0.15, -0.1) is 0 Å². The summed E-state index contributed by atoms with van der Waals surface area (Å²) in [7, 11) is -7.39. The van der Waals surface area contributed by atoms with Gasteiger partial charge in [0, 0.05) is 34.1 Å². The van der Waals surface area contributed by atoms with Crippen molar-refractivity contribution in [2.45, 2.75) is 92.6 Å². The zero-order chi connectivity index (χ0) is 42.6. The summed E-state index contributed by atoms with van der Waals surface area (Å²) < 4.78 is 59.6. The van der Waals surface area contributed by atoms with Crippen LogP contribution in [0.1, 0.15) is 46.1 Å². The molecule has 10 N–H and O–H groups in total. The second-order valence-electron chi connectivity index (χ2n) is 13.8. The molecule has 3 aromatic rings. The van der Waals surface area contributed by atoms with Gasteiger partial charge in [0.15, 0.2) is 23.8 Å². The molecule has 0 amide bonds. The second-order valence-corrected chi connectivity index (χ2v) is 19.8. The van der Waals surface area contributed by atoms with Gasteiger partial charge in [-0.05, 0) is 18.0 Å². The molecule has 5 heterocycles. The molecule has 2 saturated heterocycles. The minimum atomic E-state index is -5.19. The summed E-state index contributed by atoms with van der Waals surface area (Å²) >= 11 is 0. The molecule has 2 aliphatic heterocycles. The summed E-state index contributed by atoms with van der Waals surface area (Å²) in [6.45, 7) is 4.23. The Labute approximate surface area is 336 Å². The van der Waals surface area contributed by atoms with E-state index in [-0.39, 0.29) is 46.9 Å². The number of carbonyl (C=O) groups excluding carboxylic acids is 1. The van der Waals surface area contributed by atoms with E-state index in [1.165, 1.54) is 44.7 Å². The van der Waals surface area contributed by atoms with Crippen LogP contribution in [0.3, 0.4) is 0 Å². The standard InChI is InChI=1S/C28H42N12O14P2S2/c1-28(2,3)58-57-13(8-36-38-32)6-14(29)26(42)53-22-17(52-25(21(22)41)40-12-35-20-23(31)33-11-34-24(20)40)10-50-56(47,48)54-15-7-19(39-5-4-18(30)37-27(39)43)51-16(15)9-49-55(44,45)46/h4-5,11-17,19,21-22,25,41H,6-10,29H2,1-3H3,(H,47,48)(H2,30,37,43)(H2,31,33,34)(H2,44,45,46)/t13?,14?,15-,16+,17-,19+,21+,22+,25+/m0/s1. The highest BCUT2D eigenvalue weighted by molar-refractivity contribution is 8.77. The number of aliphatic hydroxyl groups is 1. The van der Waals surface area contributed by atoms with Gasteiger partial charge in [-0.3, -0.25) is 27.5 Å². The van der Waals surface area contributed by atoms with Crippen molar-refractivity contribution in [2.75, 3.05) is 31.2 Å². The highest BCUT2D eigenvalue weighted by atomic mass is 33.1. The fourth-order valence-electron chi connectivity index (χ4n) is 5.69. The molecule has 3 unspecified atom stereocenters. The highest BCUT2D eigenvalue weighted by Crippen LogP contribution is 2.50. The molecule has 30 heteroatoms. The van der Waals surface area contributed by atoms with Crippen LogP contribution in [0.25, 0.3) is 21.6 Å². The Kier molecular flexibility index (Phi) is 14.9. The Balaban J connectivity index is 1.34. The maximum atomic E-state index is 13.5. The first-order chi connectivity index (χ1) is 27.1. The number of azide groups is 1. The topological polar surface area (TPSA) is 393 Å². The molecule has 10 atom stereocenters. The lowest BCUT2D eigenvalue weighted by molar-refractivity contribution is -0.158. The average molecular weight is 897 g/mol. The fraction of sp³-hybridized carbons (Fsp3) is 0.643. The average Bonchev–Trinajstić information content (AvgIpc) is 3.82. The summed E-state index contributed by atoms with van der Waals surface area (Å²) in [5, 5.41) is 14.7. The van der Waals surface area contributed by atoms with Crippen LogP contribution in [-0.2, 0) is 41.7 Å². The minimum absolute atomic E-state index is 0.00217. The molecule has 58 heavy (non-hydrogen) atoms. The largest absolute Gasteiger partial charge is 0.472 e. The molecule has 3 aromatic heterocycles. The van der Waals surface area contributed by atoms with Crippen molar-refractivity contribution < 1.29 is 61.5 Å². The van der Waals surface area contributed by atoms with Gasteiger partial charge in [0.25, 0.3) is 0 Å². The normalized spacial score (nSPS) is 25.9.